The number of benzene rings is 2. The molecule has 2 aromatic carbocycles. The number of nitrogens with zero attached hydrogens (tertiary/aromatic N) is 6. The zero-order valence-electron chi connectivity index (χ0n) is 33.1. The first-order chi connectivity index (χ1) is 27.6. The molecule has 5 atom stereocenters. The molecule has 2 N–H and O–H groups in total. The molecule has 5 rings (SSSR count). The molecule has 17 nitrogen and oxygen atoms in total. The molecule has 1 saturated heterocycles. The molecule has 3 heterocycles. The number of aromatic nitrogens is 4. The van der Waals surface area contributed by atoms with Gasteiger partial charge in [0.15, 0.2) is 36.4 Å². The summed E-state index contributed by atoms with van der Waals surface area (Å²) < 4.78 is 46.1. The summed E-state index contributed by atoms with van der Waals surface area (Å²) in [6.45, 7) is 18.2. The van der Waals surface area contributed by atoms with Crippen LogP contribution in [0.15, 0.2) is 67.0 Å². The van der Waals surface area contributed by atoms with Crippen LogP contribution >= 0.6 is 8.53 Å². The summed E-state index contributed by atoms with van der Waals surface area (Å²) >= 11 is 0. The number of para-hydroxylation sites is 2. The van der Waals surface area contributed by atoms with Gasteiger partial charge in [-0.3, -0.25) is 19.5 Å². The van der Waals surface area contributed by atoms with Gasteiger partial charge in [0, 0.05) is 25.1 Å². The minimum atomic E-state index is -1.52. The Morgan fingerprint density at radius 2 is 1.54 bits per heavy atom. The van der Waals surface area contributed by atoms with Crippen molar-refractivity contribution >= 4 is 43.3 Å². The summed E-state index contributed by atoms with van der Waals surface area (Å²) in [6, 6.07) is 18.1. The normalized spacial score (nSPS) is 18.5. The Morgan fingerprint density at radius 1 is 0.912 bits per heavy atom. The van der Waals surface area contributed by atoms with Gasteiger partial charge in [-0.2, -0.15) is 9.97 Å². The van der Waals surface area contributed by atoms with Crippen LogP contribution < -0.4 is 20.1 Å². The molecule has 0 spiro atoms. The summed E-state index contributed by atoms with van der Waals surface area (Å²) in [5, 5.41) is 5.45. The van der Waals surface area contributed by atoms with Crippen molar-refractivity contribution < 1.29 is 42.3 Å². The second-order valence-electron chi connectivity index (χ2n) is 13.6. The van der Waals surface area contributed by atoms with E-state index < -0.39 is 38.8 Å². The van der Waals surface area contributed by atoms with Crippen molar-refractivity contribution in [2.75, 3.05) is 63.9 Å². The molecule has 57 heavy (non-hydrogen) atoms. The number of methoxy groups -OCH3 is 1. The van der Waals surface area contributed by atoms with Crippen molar-refractivity contribution in [2.45, 2.75) is 65.1 Å². The summed E-state index contributed by atoms with van der Waals surface area (Å²) in [4.78, 5) is 43.4. The first-order valence-electron chi connectivity index (χ1n) is 18.7. The molecule has 0 radical (unpaired) electrons. The average molecular weight is 807 g/mol. The van der Waals surface area contributed by atoms with Crippen molar-refractivity contribution in [1.82, 2.24) is 24.2 Å². The van der Waals surface area contributed by atoms with Crippen LogP contribution in [0, 0.1) is 12.5 Å². The summed E-state index contributed by atoms with van der Waals surface area (Å²) in [6.07, 6.45) is -0.204. The van der Waals surface area contributed by atoms with E-state index in [0.717, 1.165) is 0 Å². The fourth-order valence-corrected chi connectivity index (χ4v) is 7.73. The number of anilines is 2. The third kappa shape index (κ3) is 12.1. The Labute approximate surface area is 334 Å². The van der Waals surface area contributed by atoms with Crippen molar-refractivity contribution in [3.63, 3.8) is 0 Å². The highest BCUT2D eigenvalue weighted by Gasteiger charge is 2.45. The van der Waals surface area contributed by atoms with Crippen molar-refractivity contribution in [1.29, 1.82) is 0 Å². The van der Waals surface area contributed by atoms with E-state index >= 15 is 0 Å². The van der Waals surface area contributed by atoms with Crippen LogP contribution in [-0.2, 0) is 32.8 Å². The third-order valence-corrected chi connectivity index (χ3v) is 10.8. The number of carbonyl (C=O) groups excluding carboxylic acids is 2. The molecule has 306 valence electrons. The van der Waals surface area contributed by atoms with E-state index in [-0.39, 0.29) is 80.5 Å². The van der Waals surface area contributed by atoms with E-state index in [4.69, 9.17) is 39.3 Å². The number of nitrogens with one attached hydrogen (secondary N) is 2. The van der Waals surface area contributed by atoms with Gasteiger partial charge < -0.3 is 42.9 Å². The molecule has 0 aliphatic carbocycles. The number of carbonyl (C=O) groups is 2. The molecule has 1 aliphatic heterocycles. The maximum Gasteiger partial charge on any atom is 0.264 e. The van der Waals surface area contributed by atoms with E-state index in [1.807, 2.05) is 19.1 Å². The van der Waals surface area contributed by atoms with Crippen LogP contribution in [0.2, 0.25) is 0 Å². The van der Waals surface area contributed by atoms with Gasteiger partial charge in [-0.05, 0) is 52.0 Å². The van der Waals surface area contributed by atoms with Crippen LogP contribution in [0.25, 0.3) is 16.0 Å². The van der Waals surface area contributed by atoms with Crippen LogP contribution in [0.1, 0.15) is 40.8 Å². The van der Waals surface area contributed by atoms with Crippen molar-refractivity contribution in [3.8, 4) is 11.5 Å². The topological polar surface area (TPSA) is 174 Å². The number of ether oxygens (including phenoxy) is 5. The van der Waals surface area contributed by atoms with Gasteiger partial charge >= 0.3 is 0 Å². The molecule has 0 bridgehead atoms. The fraction of sp³-hybridized carbons (Fsp3) is 0.487. The van der Waals surface area contributed by atoms with Gasteiger partial charge in [-0.25, -0.2) is 16.2 Å². The highest BCUT2D eigenvalue weighted by molar-refractivity contribution is 7.44. The van der Waals surface area contributed by atoms with E-state index in [9.17, 15) is 9.59 Å². The lowest BCUT2D eigenvalue weighted by molar-refractivity contribution is -0.118. The second-order valence-corrected chi connectivity index (χ2v) is 15.0. The second kappa shape index (κ2) is 21.7. The summed E-state index contributed by atoms with van der Waals surface area (Å²) in [5.41, 5.74) is 0.507. The molecular formula is C39H51N8O9P. The molecular weight excluding hydrogens is 755 g/mol. The summed E-state index contributed by atoms with van der Waals surface area (Å²) in [5.74, 6) is -0.238. The fourth-order valence-electron chi connectivity index (χ4n) is 6.12. The molecule has 1 fully saturated rings. The molecule has 1 unspecified atom stereocenters. The smallest absolute Gasteiger partial charge is 0.264 e. The van der Waals surface area contributed by atoms with Crippen molar-refractivity contribution in [2.24, 2.45) is 5.92 Å². The Kier molecular flexibility index (Phi) is 16.5. The number of hydrogen-bond donors (Lipinski definition) is 2. The van der Waals surface area contributed by atoms with Gasteiger partial charge in [0.25, 0.3) is 20.3 Å². The van der Waals surface area contributed by atoms with Gasteiger partial charge in [-0.15, -0.1) is 0 Å². The van der Waals surface area contributed by atoms with Crippen LogP contribution in [-0.4, -0.2) is 114 Å². The molecule has 1 aliphatic rings. The molecule has 18 heteroatoms. The first kappa shape index (κ1) is 43.3. The molecule has 2 aromatic heterocycles. The minimum Gasteiger partial charge on any atom is -0.484 e. The molecule has 2 amide bonds. The Balaban J connectivity index is 1.43. The van der Waals surface area contributed by atoms with Crippen LogP contribution in [0.5, 0.6) is 11.5 Å². The standard InChI is InChI=1S/C39H51N8O9P/c1-26(2)47(27(3)4)57(54-19-18-40-6)55-22-31-28(5)35(51-21-20-50-7)38(56-31)46-25-41-34-36(42-32(48)23-52-29-14-10-8-11-15-29)44-39(45-37(34)46)43-33(49)24-53-30-16-12-9-13-17-30/h8-17,25-28,31,35,38H,18-24H2,1-5,7H3,(H2,42,43,44,45,48,49)/t28-,31-,35-,38-,57?/m1/s1. The van der Waals surface area contributed by atoms with E-state index in [0.29, 0.717) is 18.1 Å². The van der Waals surface area contributed by atoms with Gasteiger partial charge in [0.1, 0.15) is 24.2 Å². The predicted molar refractivity (Wildman–Crippen MR) is 214 cm³/mol. The average Bonchev–Trinajstić information content (AvgIpc) is 3.76. The number of amides is 2. The first-order valence-corrected chi connectivity index (χ1v) is 19.9. The third-order valence-electron chi connectivity index (χ3n) is 8.73. The highest BCUT2D eigenvalue weighted by atomic mass is 31.2. The number of hydrogen-bond acceptors (Lipinski definition) is 13. The zero-order valence-corrected chi connectivity index (χ0v) is 34.0. The van der Waals surface area contributed by atoms with Crippen LogP contribution in [0.3, 0.4) is 0 Å². The maximum atomic E-state index is 13.2. The van der Waals surface area contributed by atoms with Gasteiger partial charge in [0.2, 0.25) is 12.5 Å². The number of imidazole rings is 1. The minimum absolute atomic E-state index is 0.0483. The highest BCUT2D eigenvalue weighted by Crippen LogP contribution is 2.47. The Morgan fingerprint density at radius 3 is 2.14 bits per heavy atom. The lowest BCUT2D eigenvalue weighted by atomic mass is 10.0. The lowest BCUT2D eigenvalue weighted by Gasteiger charge is -2.36. The largest absolute Gasteiger partial charge is 0.484 e. The van der Waals surface area contributed by atoms with Crippen molar-refractivity contribution in [3.05, 3.63) is 78.4 Å². The lowest BCUT2D eigenvalue weighted by Crippen LogP contribution is -2.35. The number of rotatable bonds is 22. The van der Waals surface area contributed by atoms with Gasteiger partial charge in [-0.1, -0.05) is 43.3 Å². The SMILES string of the molecule is [C-]#[N+]CCOP(OC[C@H]1O[C@@H](n2cnc3c(NC(=O)COc4ccccc4)nc(NC(=O)COc4ccccc4)nc32)[C@H](OCCOC)[C@@H]1C)N(C(C)C)C(C)C. The molecule has 0 saturated carbocycles. The monoisotopic (exact) mass is 806 g/mol. The van der Waals surface area contributed by atoms with E-state index in [1.54, 1.807) is 60.2 Å². The van der Waals surface area contributed by atoms with Crippen LogP contribution in [0.4, 0.5) is 11.8 Å². The zero-order chi connectivity index (χ0) is 40.7. The Bertz CT molecular complexity index is 1910. The Hall–Kier alpha value is -4.79. The van der Waals surface area contributed by atoms with E-state index in [1.165, 1.54) is 6.33 Å². The maximum absolute atomic E-state index is 13.2. The molecule has 4 aromatic rings. The van der Waals surface area contributed by atoms with Gasteiger partial charge in [0.05, 0.1) is 32.3 Å². The number of fused-ring (bicyclic) bond motifs is 1. The summed E-state index contributed by atoms with van der Waals surface area (Å²) in [7, 11) is 0.0774. The predicted octanol–water partition coefficient (Wildman–Crippen LogP) is 5.72. The quantitative estimate of drug-likeness (QED) is 0.0561. The van der Waals surface area contributed by atoms with E-state index in [2.05, 4.69) is 62.8 Å².